The van der Waals surface area contributed by atoms with Crippen molar-refractivity contribution in [3.05, 3.63) is 0 Å². The Labute approximate surface area is 84.5 Å². The molecule has 4 nitrogen and oxygen atoms in total. The van der Waals surface area contributed by atoms with E-state index in [0.29, 0.717) is 19.1 Å². The first-order chi connectivity index (χ1) is 6.83. The predicted octanol–water partition coefficient (Wildman–Crippen LogP) is 1.14. The summed E-state index contributed by atoms with van der Waals surface area (Å²) in [6.45, 7) is 2.23. The first-order valence-corrected chi connectivity index (χ1v) is 5.09. The number of methoxy groups -OCH3 is 1. The van der Waals surface area contributed by atoms with Crippen molar-refractivity contribution in [2.24, 2.45) is 0 Å². The first-order valence-electron chi connectivity index (χ1n) is 5.09. The zero-order valence-electron chi connectivity index (χ0n) is 8.66. The molecule has 82 valence electrons. The van der Waals surface area contributed by atoms with Crippen molar-refractivity contribution < 1.29 is 19.0 Å². The van der Waals surface area contributed by atoms with Crippen molar-refractivity contribution >= 4 is 5.97 Å². The minimum Gasteiger partial charge on any atom is -0.469 e. The van der Waals surface area contributed by atoms with Gasteiger partial charge in [-0.05, 0) is 19.3 Å². The molecule has 4 heteroatoms. The smallest absolute Gasteiger partial charge is 0.305 e. The highest BCUT2D eigenvalue weighted by molar-refractivity contribution is 5.68. The largest absolute Gasteiger partial charge is 0.469 e. The van der Waals surface area contributed by atoms with Gasteiger partial charge in [0.05, 0.1) is 13.2 Å². The Morgan fingerprint density at radius 3 is 2.79 bits per heavy atom. The van der Waals surface area contributed by atoms with Crippen LogP contribution in [0.4, 0.5) is 0 Å². The lowest BCUT2D eigenvalue weighted by Gasteiger charge is -2.22. The van der Waals surface area contributed by atoms with Gasteiger partial charge in [-0.1, -0.05) is 0 Å². The Balaban J connectivity index is 1.94. The Morgan fingerprint density at radius 1 is 1.43 bits per heavy atom. The van der Waals surface area contributed by atoms with Gasteiger partial charge < -0.3 is 14.2 Å². The third-order valence-electron chi connectivity index (χ3n) is 2.27. The number of carbonyl (C=O) groups excluding carboxylic acids is 1. The predicted molar refractivity (Wildman–Crippen MR) is 51.0 cm³/mol. The molecule has 0 aliphatic carbocycles. The lowest BCUT2D eigenvalue weighted by atomic mass is 10.1. The Bertz CT molecular complexity index is 164. The fourth-order valence-corrected chi connectivity index (χ4v) is 1.41. The maximum absolute atomic E-state index is 10.8. The van der Waals surface area contributed by atoms with Gasteiger partial charge in [0.25, 0.3) is 0 Å². The molecule has 0 aromatic heterocycles. The van der Waals surface area contributed by atoms with Gasteiger partial charge in [-0.25, -0.2) is 0 Å². The van der Waals surface area contributed by atoms with Crippen LogP contribution in [-0.2, 0) is 19.0 Å². The molecular weight excluding hydrogens is 184 g/mol. The summed E-state index contributed by atoms with van der Waals surface area (Å²) in [5.74, 6) is -0.166. The molecule has 0 aromatic carbocycles. The molecule has 1 heterocycles. The molecule has 0 bridgehead atoms. The van der Waals surface area contributed by atoms with Crippen LogP contribution in [0.1, 0.15) is 25.7 Å². The van der Waals surface area contributed by atoms with E-state index in [4.69, 9.17) is 9.47 Å². The fraction of sp³-hybridized carbons (Fsp3) is 0.900. The van der Waals surface area contributed by atoms with Gasteiger partial charge in [0.1, 0.15) is 0 Å². The molecule has 1 aliphatic rings. The van der Waals surface area contributed by atoms with Crippen molar-refractivity contribution in [3.63, 3.8) is 0 Å². The molecule has 0 spiro atoms. The SMILES string of the molecule is COC(=O)CCCOC1CCOCC1. The number of hydrogen-bond acceptors (Lipinski definition) is 4. The van der Waals surface area contributed by atoms with Crippen LogP contribution < -0.4 is 0 Å². The number of rotatable bonds is 5. The van der Waals surface area contributed by atoms with Gasteiger partial charge in [0, 0.05) is 26.2 Å². The number of hydrogen-bond donors (Lipinski definition) is 0. The topological polar surface area (TPSA) is 44.8 Å². The molecule has 1 saturated heterocycles. The van der Waals surface area contributed by atoms with Crippen LogP contribution in [0, 0.1) is 0 Å². The summed E-state index contributed by atoms with van der Waals surface area (Å²) in [6, 6.07) is 0. The molecule has 1 fully saturated rings. The highest BCUT2D eigenvalue weighted by Crippen LogP contribution is 2.10. The van der Waals surface area contributed by atoms with E-state index >= 15 is 0 Å². The van der Waals surface area contributed by atoms with E-state index in [1.165, 1.54) is 7.11 Å². The minimum absolute atomic E-state index is 0.166. The van der Waals surface area contributed by atoms with E-state index in [0.717, 1.165) is 32.5 Å². The summed E-state index contributed by atoms with van der Waals surface area (Å²) >= 11 is 0. The van der Waals surface area contributed by atoms with Gasteiger partial charge in [0.2, 0.25) is 0 Å². The van der Waals surface area contributed by atoms with Gasteiger partial charge in [0.15, 0.2) is 0 Å². The molecular formula is C10H18O4. The summed E-state index contributed by atoms with van der Waals surface area (Å²) in [5.41, 5.74) is 0. The number of ether oxygens (including phenoxy) is 3. The second kappa shape index (κ2) is 6.79. The van der Waals surface area contributed by atoms with Crippen LogP contribution in [0.5, 0.6) is 0 Å². The summed E-state index contributed by atoms with van der Waals surface area (Å²) in [5, 5.41) is 0. The third kappa shape index (κ3) is 4.58. The monoisotopic (exact) mass is 202 g/mol. The highest BCUT2D eigenvalue weighted by atomic mass is 16.5. The van der Waals surface area contributed by atoms with Crippen LogP contribution >= 0.6 is 0 Å². The Kier molecular flexibility index (Phi) is 5.56. The quantitative estimate of drug-likeness (QED) is 0.495. The van der Waals surface area contributed by atoms with Crippen LogP contribution in [0.2, 0.25) is 0 Å². The minimum atomic E-state index is -0.166. The summed E-state index contributed by atoms with van der Waals surface area (Å²) in [6.07, 6.45) is 3.45. The van der Waals surface area contributed by atoms with E-state index < -0.39 is 0 Å². The molecule has 0 N–H and O–H groups in total. The zero-order valence-corrected chi connectivity index (χ0v) is 8.66. The maximum Gasteiger partial charge on any atom is 0.305 e. The fourth-order valence-electron chi connectivity index (χ4n) is 1.41. The van der Waals surface area contributed by atoms with E-state index in [1.54, 1.807) is 0 Å². The molecule has 0 unspecified atom stereocenters. The first kappa shape index (κ1) is 11.5. The molecule has 0 amide bonds. The van der Waals surface area contributed by atoms with Crippen LogP contribution in [0.15, 0.2) is 0 Å². The molecule has 1 aliphatic heterocycles. The lowest BCUT2D eigenvalue weighted by molar-refractivity contribution is -0.141. The zero-order chi connectivity index (χ0) is 10.2. The second-order valence-corrected chi connectivity index (χ2v) is 3.36. The summed E-state index contributed by atoms with van der Waals surface area (Å²) in [7, 11) is 1.40. The van der Waals surface area contributed by atoms with Crippen molar-refractivity contribution in [2.45, 2.75) is 31.8 Å². The van der Waals surface area contributed by atoms with Crippen LogP contribution in [0.25, 0.3) is 0 Å². The normalized spacial score (nSPS) is 18.1. The average Bonchev–Trinajstić information content (AvgIpc) is 2.25. The standard InChI is InChI=1S/C10H18O4/c1-12-10(11)3-2-6-14-9-4-7-13-8-5-9/h9H,2-8H2,1H3. The van der Waals surface area contributed by atoms with Gasteiger partial charge in [-0.15, -0.1) is 0 Å². The molecule has 0 aromatic rings. The van der Waals surface area contributed by atoms with E-state index in [2.05, 4.69) is 4.74 Å². The molecule has 1 rings (SSSR count). The Hall–Kier alpha value is -0.610. The van der Waals surface area contributed by atoms with E-state index in [9.17, 15) is 4.79 Å². The van der Waals surface area contributed by atoms with Gasteiger partial charge in [-0.3, -0.25) is 4.79 Å². The second-order valence-electron chi connectivity index (χ2n) is 3.36. The van der Waals surface area contributed by atoms with E-state index in [-0.39, 0.29) is 5.97 Å². The van der Waals surface area contributed by atoms with E-state index in [1.807, 2.05) is 0 Å². The van der Waals surface area contributed by atoms with Crippen molar-refractivity contribution in [3.8, 4) is 0 Å². The van der Waals surface area contributed by atoms with Gasteiger partial charge >= 0.3 is 5.97 Å². The summed E-state index contributed by atoms with van der Waals surface area (Å²) < 4.78 is 15.3. The van der Waals surface area contributed by atoms with Crippen LogP contribution in [-0.4, -0.2) is 39.0 Å². The molecule has 0 atom stereocenters. The van der Waals surface area contributed by atoms with Gasteiger partial charge in [-0.2, -0.15) is 0 Å². The third-order valence-corrected chi connectivity index (χ3v) is 2.27. The molecule has 14 heavy (non-hydrogen) atoms. The van der Waals surface area contributed by atoms with Crippen molar-refractivity contribution in [1.29, 1.82) is 0 Å². The Morgan fingerprint density at radius 2 is 2.14 bits per heavy atom. The highest BCUT2D eigenvalue weighted by Gasteiger charge is 2.13. The number of esters is 1. The van der Waals surface area contributed by atoms with Crippen molar-refractivity contribution in [2.75, 3.05) is 26.9 Å². The van der Waals surface area contributed by atoms with Crippen LogP contribution in [0.3, 0.4) is 0 Å². The lowest BCUT2D eigenvalue weighted by Crippen LogP contribution is -2.23. The molecule has 0 radical (unpaired) electrons. The number of carbonyl (C=O) groups is 1. The summed E-state index contributed by atoms with van der Waals surface area (Å²) in [4.78, 5) is 10.8. The average molecular weight is 202 g/mol. The molecule has 0 saturated carbocycles. The maximum atomic E-state index is 10.8. The van der Waals surface area contributed by atoms with Crippen molar-refractivity contribution in [1.82, 2.24) is 0 Å².